The molecule has 2 rings (SSSR count). The summed E-state index contributed by atoms with van der Waals surface area (Å²) in [5, 5.41) is 3.91. The summed E-state index contributed by atoms with van der Waals surface area (Å²) in [4.78, 5) is 0. The van der Waals surface area contributed by atoms with E-state index in [1.807, 2.05) is 0 Å². The van der Waals surface area contributed by atoms with Crippen molar-refractivity contribution in [3.05, 3.63) is 0 Å². The van der Waals surface area contributed by atoms with E-state index in [2.05, 4.69) is 19.2 Å². The molecule has 0 aromatic carbocycles. The lowest BCUT2D eigenvalue weighted by Crippen LogP contribution is -2.48. The molecule has 2 saturated carbocycles. The zero-order chi connectivity index (χ0) is 10.7. The Balaban J connectivity index is 1.94. The summed E-state index contributed by atoms with van der Waals surface area (Å²) < 4.78 is 0. The van der Waals surface area contributed by atoms with Crippen LogP contribution in [-0.4, -0.2) is 11.6 Å². The Bertz CT molecular complexity index is 198. The van der Waals surface area contributed by atoms with Crippen molar-refractivity contribution in [1.29, 1.82) is 0 Å². The molecule has 1 heteroatoms. The Labute approximate surface area is 95.0 Å². The van der Waals surface area contributed by atoms with Gasteiger partial charge in [-0.15, -0.1) is 0 Å². The quantitative estimate of drug-likeness (QED) is 0.728. The van der Waals surface area contributed by atoms with Crippen molar-refractivity contribution in [2.75, 3.05) is 0 Å². The normalized spacial score (nSPS) is 39.2. The second kappa shape index (κ2) is 4.86. The molecule has 0 radical (unpaired) electrons. The average Bonchev–Trinajstić information content (AvgIpc) is 2.98. The Morgan fingerprint density at radius 1 is 0.933 bits per heavy atom. The van der Waals surface area contributed by atoms with Crippen LogP contribution in [0.4, 0.5) is 0 Å². The maximum Gasteiger partial charge on any atom is 0.0181 e. The summed E-state index contributed by atoms with van der Waals surface area (Å²) in [5.41, 5.74) is 0.436. The number of hydrogen-bond donors (Lipinski definition) is 1. The monoisotopic (exact) mass is 209 g/mol. The van der Waals surface area contributed by atoms with Gasteiger partial charge in [-0.25, -0.2) is 0 Å². The third kappa shape index (κ3) is 3.21. The summed E-state index contributed by atoms with van der Waals surface area (Å²) in [5.74, 6) is 0.858. The SMILES string of the molecule is CC1CCCCCCCC1(C)NC1CC1. The van der Waals surface area contributed by atoms with Gasteiger partial charge in [0.25, 0.3) is 0 Å². The van der Waals surface area contributed by atoms with E-state index in [4.69, 9.17) is 0 Å². The first-order valence-electron chi connectivity index (χ1n) is 6.98. The number of rotatable bonds is 2. The molecule has 2 aliphatic carbocycles. The molecular formula is C14H27N. The second-order valence-electron chi connectivity index (χ2n) is 6.04. The van der Waals surface area contributed by atoms with Gasteiger partial charge in [0.05, 0.1) is 0 Å². The van der Waals surface area contributed by atoms with Crippen molar-refractivity contribution >= 4 is 0 Å². The van der Waals surface area contributed by atoms with E-state index in [0.29, 0.717) is 5.54 Å². The number of hydrogen-bond acceptors (Lipinski definition) is 1. The zero-order valence-electron chi connectivity index (χ0n) is 10.5. The molecule has 0 spiro atoms. The Hall–Kier alpha value is -0.0400. The fourth-order valence-corrected chi connectivity index (χ4v) is 2.95. The third-order valence-corrected chi connectivity index (χ3v) is 4.53. The zero-order valence-corrected chi connectivity index (χ0v) is 10.5. The minimum atomic E-state index is 0.436. The molecule has 88 valence electrons. The predicted octanol–water partition coefficient (Wildman–Crippen LogP) is 3.88. The largest absolute Gasteiger partial charge is 0.309 e. The predicted molar refractivity (Wildman–Crippen MR) is 66.0 cm³/mol. The highest BCUT2D eigenvalue weighted by molar-refractivity contribution is 4.95. The second-order valence-corrected chi connectivity index (χ2v) is 6.04. The standard InChI is InChI=1S/C14H27N/c1-12-8-6-4-3-5-7-11-14(12,2)15-13-9-10-13/h12-13,15H,3-11H2,1-2H3. The first-order chi connectivity index (χ1) is 7.21. The Morgan fingerprint density at radius 3 is 2.33 bits per heavy atom. The molecule has 0 aliphatic heterocycles. The van der Waals surface area contributed by atoms with Crippen molar-refractivity contribution < 1.29 is 0 Å². The lowest BCUT2D eigenvalue weighted by molar-refractivity contribution is 0.211. The fraction of sp³-hybridized carbons (Fsp3) is 1.00. The lowest BCUT2D eigenvalue weighted by Gasteiger charge is -2.37. The van der Waals surface area contributed by atoms with Gasteiger partial charge in [-0.2, -0.15) is 0 Å². The minimum Gasteiger partial charge on any atom is -0.309 e. The lowest BCUT2D eigenvalue weighted by atomic mass is 9.80. The van der Waals surface area contributed by atoms with Crippen molar-refractivity contribution in [2.45, 2.75) is 83.2 Å². The first kappa shape index (κ1) is 11.4. The van der Waals surface area contributed by atoms with Crippen LogP contribution in [0.3, 0.4) is 0 Å². The Kier molecular flexibility index (Phi) is 3.71. The van der Waals surface area contributed by atoms with Gasteiger partial charge in [0.2, 0.25) is 0 Å². The summed E-state index contributed by atoms with van der Waals surface area (Å²) in [6.07, 6.45) is 12.9. The van der Waals surface area contributed by atoms with Gasteiger partial charge >= 0.3 is 0 Å². The van der Waals surface area contributed by atoms with E-state index in [1.165, 1.54) is 57.8 Å². The average molecular weight is 209 g/mol. The van der Waals surface area contributed by atoms with Crippen molar-refractivity contribution in [2.24, 2.45) is 5.92 Å². The third-order valence-electron chi connectivity index (χ3n) is 4.53. The van der Waals surface area contributed by atoms with Crippen molar-refractivity contribution in [3.8, 4) is 0 Å². The first-order valence-corrected chi connectivity index (χ1v) is 6.98. The molecule has 2 fully saturated rings. The van der Waals surface area contributed by atoms with Gasteiger partial charge in [0.1, 0.15) is 0 Å². The summed E-state index contributed by atoms with van der Waals surface area (Å²) in [6, 6.07) is 0.859. The van der Waals surface area contributed by atoms with Crippen LogP contribution in [0, 0.1) is 5.92 Å². The molecule has 2 unspecified atom stereocenters. The number of nitrogens with one attached hydrogen (secondary N) is 1. The van der Waals surface area contributed by atoms with Crippen molar-refractivity contribution in [1.82, 2.24) is 5.32 Å². The fourth-order valence-electron chi connectivity index (χ4n) is 2.95. The van der Waals surface area contributed by atoms with Crippen LogP contribution in [0.1, 0.15) is 71.6 Å². The molecule has 15 heavy (non-hydrogen) atoms. The molecule has 1 nitrogen and oxygen atoms in total. The molecular weight excluding hydrogens is 182 g/mol. The van der Waals surface area contributed by atoms with E-state index in [9.17, 15) is 0 Å². The van der Waals surface area contributed by atoms with E-state index >= 15 is 0 Å². The molecule has 0 aromatic heterocycles. The maximum atomic E-state index is 3.91. The summed E-state index contributed by atoms with van der Waals surface area (Å²) in [6.45, 7) is 4.93. The van der Waals surface area contributed by atoms with E-state index in [0.717, 1.165) is 12.0 Å². The molecule has 1 N–H and O–H groups in total. The molecule has 0 amide bonds. The smallest absolute Gasteiger partial charge is 0.0181 e. The minimum absolute atomic E-state index is 0.436. The van der Waals surface area contributed by atoms with Crippen LogP contribution in [-0.2, 0) is 0 Å². The van der Waals surface area contributed by atoms with Crippen LogP contribution < -0.4 is 5.32 Å². The molecule has 0 bridgehead atoms. The van der Waals surface area contributed by atoms with Crippen LogP contribution in [0.5, 0.6) is 0 Å². The van der Waals surface area contributed by atoms with Gasteiger partial charge in [-0.3, -0.25) is 0 Å². The topological polar surface area (TPSA) is 12.0 Å². The van der Waals surface area contributed by atoms with Crippen LogP contribution >= 0.6 is 0 Å². The van der Waals surface area contributed by atoms with Crippen LogP contribution in [0.15, 0.2) is 0 Å². The van der Waals surface area contributed by atoms with Gasteiger partial charge in [-0.05, 0) is 38.5 Å². The molecule has 2 atom stereocenters. The summed E-state index contributed by atoms with van der Waals surface area (Å²) in [7, 11) is 0. The van der Waals surface area contributed by atoms with E-state index in [-0.39, 0.29) is 0 Å². The maximum absolute atomic E-state index is 3.91. The Morgan fingerprint density at radius 2 is 1.60 bits per heavy atom. The van der Waals surface area contributed by atoms with Gasteiger partial charge in [0, 0.05) is 11.6 Å². The molecule has 0 aromatic rings. The van der Waals surface area contributed by atoms with Gasteiger partial charge < -0.3 is 5.32 Å². The highest BCUT2D eigenvalue weighted by Crippen LogP contribution is 2.34. The van der Waals surface area contributed by atoms with Crippen molar-refractivity contribution in [3.63, 3.8) is 0 Å². The van der Waals surface area contributed by atoms with Crippen LogP contribution in [0.25, 0.3) is 0 Å². The molecule has 0 heterocycles. The highest BCUT2D eigenvalue weighted by Gasteiger charge is 2.36. The van der Waals surface area contributed by atoms with Gasteiger partial charge in [-0.1, -0.05) is 39.0 Å². The highest BCUT2D eigenvalue weighted by atomic mass is 15.0. The molecule has 2 aliphatic rings. The van der Waals surface area contributed by atoms with Crippen LogP contribution in [0.2, 0.25) is 0 Å². The van der Waals surface area contributed by atoms with E-state index < -0.39 is 0 Å². The van der Waals surface area contributed by atoms with Gasteiger partial charge in [0.15, 0.2) is 0 Å². The molecule has 0 saturated heterocycles. The summed E-state index contributed by atoms with van der Waals surface area (Å²) >= 11 is 0. The van der Waals surface area contributed by atoms with E-state index in [1.54, 1.807) is 0 Å².